The van der Waals surface area contributed by atoms with Gasteiger partial charge in [0.1, 0.15) is 6.29 Å². The van der Waals surface area contributed by atoms with Crippen molar-refractivity contribution in [2.24, 2.45) is 0 Å². The molecular formula is C15H17NO3. The molecule has 0 saturated heterocycles. The monoisotopic (exact) mass is 259 g/mol. The number of benzene rings is 1. The molecule has 0 radical (unpaired) electrons. The molecule has 0 amide bonds. The molecule has 1 unspecified atom stereocenters. The van der Waals surface area contributed by atoms with Crippen LogP contribution in [0.4, 0.5) is 5.69 Å². The van der Waals surface area contributed by atoms with Gasteiger partial charge in [-0.25, -0.2) is 0 Å². The molecule has 1 aliphatic carbocycles. The molecule has 100 valence electrons. The molecule has 0 saturated carbocycles. The van der Waals surface area contributed by atoms with Gasteiger partial charge in [0.15, 0.2) is 0 Å². The van der Waals surface area contributed by atoms with E-state index >= 15 is 0 Å². The number of carbonyl (C=O) groups excluding carboxylic acids is 2. The van der Waals surface area contributed by atoms with Crippen molar-refractivity contribution in [1.82, 2.24) is 0 Å². The number of hydrogen-bond donors (Lipinski definition) is 1. The number of ether oxygens (including phenoxy) is 1. The fraction of sp³-hybridized carbons (Fsp3) is 0.333. The second kappa shape index (κ2) is 5.26. The highest BCUT2D eigenvalue weighted by Gasteiger charge is 2.36. The summed E-state index contributed by atoms with van der Waals surface area (Å²) in [5.41, 5.74) is 7.25. The number of nitrogen functional groups attached to an aromatic ring is 1. The summed E-state index contributed by atoms with van der Waals surface area (Å²) >= 11 is 0. The van der Waals surface area contributed by atoms with Crippen LogP contribution in [0, 0.1) is 0 Å². The molecule has 2 N–H and O–H groups in total. The molecule has 1 aromatic carbocycles. The second-order valence-electron chi connectivity index (χ2n) is 4.66. The summed E-state index contributed by atoms with van der Waals surface area (Å²) in [6.07, 6.45) is 5.24. The minimum atomic E-state index is -0.949. The lowest BCUT2D eigenvalue weighted by molar-refractivity contribution is -0.145. The van der Waals surface area contributed by atoms with E-state index in [9.17, 15) is 9.59 Å². The lowest BCUT2D eigenvalue weighted by Gasteiger charge is -2.29. The fourth-order valence-electron chi connectivity index (χ4n) is 2.44. The molecule has 1 aliphatic rings. The van der Waals surface area contributed by atoms with E-state index in [1.807, 2.05) is 12.1 Å². The molecule has 0 aromatic heterocycles. The van der Waals surface area contributed by atoms with Crippen molar-refractivity contribution < 1.29 is 14.3 Å². The molecule has 2 rings (SSSR count). The predicted octanol–water partition coefficient (Wildman–Crippen LogP) is 1.77. The van der Waals surface area contributed by atoms with Crippen molar-refractivity contribution in [3.05, 3.63) is 41.5 Å². The van der Waals surface area contributed by atoms with Crippen LogP contribution in [0.1, 0.15) is 24.5 Å². The Kier molecular flexibility index (Phi) is 3.69. The quantitative estimate of drug-likeness (QED) is 0.387. The highest BCUT2D eigenvalue weighted by Crippen LogP contribution is 2.35. The van der Waals surface area contributed by atoms with Crippen LogP contribution in [0.2, 0.25) is 0 Å². The van der Waals surface area contributed by atoms with Gasteiger partial charge in [0, 0.05) is 5.69 Å². The number of carbonyl (C=O) groups is 2. The first-order chi connectivity index (χ1) is 9.11. The van der Waals surface area contributed by atoms with Crippen molar-refractivity contribution in [1.29, 1.82) is 0 Å². The van der Waals surface area contributed by atoms with Gasteiger partial charge in [-0.1, -0.05) is 18.2 Å². The summed E-state index contributed by atoms with van der Waals surface area (Å²) in [4.78, 5) is 23.3. The van der Waals surface area contributed by atoms with E-state index in [-0.39, 0.29) is 12.4 Å². The first kappa shape index (κ1) is 13.3. The fourth-order valence-corrected chi connectivity index (χ4v) is 2.44. The van der Waals surface area contributed by atoms with E-state index in [4.69, 9.17) is 10.5 Å². The van der Waals surface area contributed by atoms with Crippen molar-refractivity contribution in [2.45, 2.75) is 25.2 Å². The summed E-state index contributed by atoms with van der Waals surface area (Å²) in [5.74, 6) is -0.380. The van der Waals surface area contributed by atoms with Crippen molar-refractivity contribution in [3.63, 3.8) is 0 Å². The first-order valence-corrected chi connectivity index (χ1v) is 6.30. The summed E-state index contributed by atoms with van der Waals surface area (Å²) in [6.45, 7) is 2.05. The molecular weight excluding hydrogens is 242 g/mol. The van der Waals surface area contributed by atoms with Crippen LogP contribution in [-0.4, -0.2) is 18.9 Å². The molecule has 1 aromatic rings. The predicted molar refractivity (Wildman–Crippen MR) is 72.7 cm³/mol. The summed E-state index contributed by atoms with van der Waals surface area (Å²) < 4.78 is 4.95. The maximum Gasteiger partial charge on any atom is 0.307 e. The molecule has 0 heterocycles. The molecule has 19 heavy (non-hydrogen) atoms. The van der Waals surface area contributed by atoms with E-state index in [0.717, 1.165) is 23.8 Å². The van der Waals surface area contributed by atoms with Gasteiger partial charge in [-0.15, -0.1) is 0 Å². The number of anilines is 1. The van der Waals surface area contributed by atoms with Crippen LogP contribution in [0.25, 0.3) is 0 Å². The van der Waals surface area contributed by atoms with E-state index in [1.165, 1.54) is 0 Å². The zero-order valence-electron chi connectivity index (χ0n) is 10.9. The molecule has 0 fully saturated rings. The van der Waals surface area contributed by atoms with Gasteiger partial charge >= 0.3 is 5.97 Å². The minimum Gasteiger partial charge on any atom is -0.466 e. The van der Waals surface area contributed by atoms with E-state index < -0.39 is 5.41 Å². The Morgan fingerprint density at radius 1 is 1.53 bits per heavy atom. The summed E-state index contributed by atoms with van der Waals surface area (Å²) in [7, 11) is 0. The number of allylic oxidation sites excluding steroid dienone is 2. The van der Waals surface area contributed by atoms with Gasteiger partial charge in [0.25, 0.3) is 0 Å². The topological polar surface area (TPSA) is 69.4 Å². The smallest absolute Gasteiger partial charge is 0.307 e. The Morgan fingerprint density at radius 3 is 3.00 bits per heavy atom. The Bertz CT molecular complexity index is 536. The highest BCUT2D eigenvalue weighted by atomic mass is 16.5. The summed E-state index contributed by atoms with van der Waals surface area (Å²) in [5, 5.41) is 0. The Hall–Kier alpha value is -2.10. The Morgan fingerprint density at radius 2 is 2.32 bits per heavy atom. The molecule has 4 nitrogen and oxygen atoms in total. The van der Waals surface area contributed by atoms with Gasteiger partial charge < -0.3 is 15.3 Å². The van der Waals surface area contributed by atoms with Crippen LogP contribution < -0.4 is 5.73 Å². The molecule has 0 aliphatic heterocycles. The zero-order valence-corrected chi connectivity index (χ0v) is 10.9. The zero-order chi connectivity index (χ0) is 13.9. The first-order valence-electron chi connectivity index (χ1n) is 6.30. The Labute approximate surface area is 112 Å². The number of rotatable bonds is 4. The molecule has 0 spiro atoms. The third-order valence-corrected chi connectivity index (χ3v) is 3.34. The normalized spacial score (nSPS) is 20.7. The maximum atomic E-state index is 11.7. The van der Waals surface area contributed by atoms with Gasteiger partial charge in [0.05, 0.1) is 18.4 Å². The average molecular weight is 259 g/mol. The van der Waals surface area contributed by atoms with Gasteiger partial charge in [0.2, 0.25) is 0 Å². The number of nitrogens with two attached hydrogens (primary N) is 1. The van der Waals surface area contributed by atoms with Crippen molar-refractivity contribution >= 4 is 17.9 Å². The Balaban J connectivity index is 2.42. The molecule has 4 heteroatoms. The highest BCUT2D eigenvalue weighted by molar-refractivity contribution is 5.84. The van der Waals surface area contributed by atoms with Gasteiger partial charge in [-0.2, -0.15) is 0 Å². The standard InChI is InChI=1S/C15H17NO3/c1-2-19-14(18)9-15(10-17)7-3-4-11-5-6-12(16)8-13(11)15/h3,5-8,10H,2,4,9,16H2,1H3. The average Bonchev–Trinajstić information content (AvgIpc) is 2.39. The van der Waals surface area contributed by atoms with E-state index in [1.54, 1.807) is 25.1 Å². The van der Waals surface area contributed by atoms with Gasteiger partial charge in [-0.3, -0.25) is 4.79 Å². The van der Waals surface area contributed by atoms with Crippen LogP contribution in [0.15, 0.2) is 30.4 Å². The molecule has 1 atom stereocenters. The minimum absolute atomic E-state index is 0.0112. The number of aldehydes is 1. The lowest BCUT2D eigenvalue weighted by atomic mass is 9.73. The largest absolute Gasteiger partial charge is 0.466 e. The third kappa shape index (κ3) is 2.52. The number of hydrogen-bond acceptors (Lipinski definition) is 4. The molecule has 0 bridgehead atoms. The van der Waals surface area contributed by atoms with E-state index in [0.29, 0.717) is 12.3 Å². The third-order valence-electron chi connectivity index (χ3n) is 3.34. The van der Waals surface area contributed by atoms with Crippen LogP contribution in [-0.2, 0) is 26.2 Å². The van der Waals surface area contributed by atoms with Gasteiger partial charge in [-0.05, 0) is 36.6 Å². The van der Waals surface area contributed by atoms with Crippen LogP contribution in [0.5, 0.6) is 0 Å². The lowest BCUT2D eigenvalue weighted by Crippen LogP contribution is -2.33. The number of esters is 1. The number of fused-ring (bicyclic) bond motifs is 1. The van der Waals surface area contributed by atoms with E-state index in [2.05, 4.69) is 0 Å². The maximum absolute atomic E-state index is 11.7. The second-order valence-corrected chi connectivity index (χ2v) is 4.66. The van der Waals surface area contributed by atoms with Crippen LogP contribution in [0.3, 0.4) is 0 Å². The van der Waals surface area contributed by atoms with Crippen molar-refractivity contribution in [2.75, 3.05) is 12.3 Å². The van der Waals surface area contributed by atoms with Crippen molar-refractivity contribution in [3.8, 4) is 0 Å². The SMILES string of the molecule is CCOC(=O)CC1(C=O)C=CCc2ccc(N)cc21. The summed E-state index contributed by atoms with van der Waals surface area (Å²) in [6, 6.07) is 5.47. The van der Waals surface area contributed by atoms with Crippen LogP contribution >= 0.6 is 0 Å².